The van der Waals surface area contributed by atoms with Crippen molar-refractivity contribution in [3.05, 3.63) is 200 Å². The molecule has 0 N–H and O–H groups in total. The molecule has 2 nitrogen and oxygen atoms in total. The summed E-state index contributed by atoms with van der Waals surface area (Å²) in [6.07, 6.45) is 0. The van der Waals surface area contributed by atoms with Gasteiger partial charge in [-0.25, -0.2) is 0 Å². The zero-order valence-electron chi connectivity index (χ0n) is 28.4. The van der Waals surface area contributed by atoms with Crippen molar-refractivity contribution in [2.45, 2.75) is 0 Å². The first kappa shape index (κ1) is 30.0. The molecule has 0 atom stereocenters. The normalized spacial score (nSPS) is 11.5. The molecule has 0 unspecified atom stereocenters. The molecule has 244 valence electrons. The predicted molar refractivity (Wildman–Crippen MR) is 220 cm³/mol. The fourth-order valence-electron chi connectivity index (χ4n) is 7.80. The summed E-state index contributed by atoms with van der Waals surface area (Å²) >= 11 is 0. The number of furan rings is 1. The van der Waals surface area contributed by atoms with Crippen LogP contribution in [0.1, 0.15) is 0 Å². The number of nitrogens with zero attached hydrogens (tertiary/aromatic N) is 1. The summed E-state index contributed by atoms with van der Waals surface area (Å²) in [6.45, 7) is 0. The van der Waals surface area contributed by atoms with Gasteiger partial charge in [0.2, 0.25) is 0 Å². The van der Waals surface area contributed by atoms with Gasteiger partial charge < -0.3 is 9.32 Å². The van der Waals surface area contributed by atoms with E-state index in [-0.39, 0.29) is 0 Å². The molecule has 0 radical (unpaired) electrons. The van der Waals surface area contributed by atoms with Gasteiger partial charge in [0.25, 0.3) is 0 Å². The Morgan fingerprint density at radius 1 is 0.365 bits per heavy atom. The first-order chi connectivity index (χ1) is 25.8. The summed E-state index contributed by atoms with van der Waals surface area (Å²) in [4.78, 5) is 2.41. The molecule has 9 aromatic carbocycles. The Bertz CT molecular complexity index is 2870. The van der Waals surface area contributed by atoms with Crippen LogP contribution in [0.2, 0.25) is 0 Å². The third-order valence-electron chi connectivity index (χ3n) is 10.2. The molecule has 10 aromatic rings. The SMILES string of the molecule is c1ccc(-c2ccc(N(c3ccc4ccccc4c3)c3cc4c(oc5ccc(-c6ccccc6)c(-c6ccccc6)c54)c4ccccc34)cc2)cc1. The van der Waals surface area contributed by atoms with Crippen molar-refractivity contribution in [1.82, 2.24) is 0 Å². The Hall–Kier alpha value is -6.90. The van der Waals surface area contributed by atoms with E-state index in [2.05, 4.69) is 205 Å². The Morgan fingerprint density at radius 3 is 1.67 bits per heavy atom. The van der Waals surface area contributed by atoms with Gasteiger partial charge in [0, 0.05) is 38.5 Å². The largest absolute Gasteiger partial charge is 0.455 e. The Morgan fingerprint density at radius 2 is 0.942 bits per heavy atom. The maximum Gasteiger partial charge on any atom is 0.143 e. The van der Waals surface area contributed by atoms with Crippen molar-refractivity contribution in [3.63, 3.8) is 0 Å². The van der Waals surface area contributed by atoms with Crippen LogP contribution < -0.4 is 4.90 Å². The van der Waals surface area contributed by atoms with Crippen molar-refractivity contribution in [1.29, 1.82) is 0 Å². The third-order valence-corrected chi connectivity index (χ3v) is 10.2. The predicted octanol–water partition coefficient (Wildman–Crippen LogP) is 14.4. The standard InChI is InChI=1S/C50H33NO/c1-4-14-34(15-5-1)36-24-27-40(28-25-36)51(41-29-26-35-16-10-11-21-39(35)32-41)46-33-45-49-47(52-50(45)44-23-13-12-22-43(44)46)31-30-42(37-17-6-2-7-18-37)48(49)38-19-8-3-9-20-38/h1-33H. The van der Waals surface area contributed by atoms with Gasteiger partial charge >= 0.3 is 0 Å². The van der Waals surface area contributed by atoms with Gasteiger partial charge in [-0.05, 0) is 75.0 Å². The number of benzene rings is 9. The average Bonchev–Trinajstić information content (AvgIpc) is 3.61. The fraction of sp³-hybridized carbons (Fsp3) is 0. The number of rotatable bonds is 6. The summed E-state index contributed by atoms with van der Waals surface area (Å²) < 4.78 is 6.87. The zero-order valence-corrected chi connectivity index (χ0v) is 28.4. The lowest BCUT2D eigenvalue weighted by molar-refractivity contribution is 0.673. The van der Waals surface area contributed by atoms with Gasteiger partial charge in [-0.1, -0.05) is 164 Å². The molecule has 0 aliphatic rings. The van der Waals surface area contributed by atoms with Crippen LogP contribution >= 0.6 is 0 Å². The van der Waals surface area contributed by atoms with E-state index >= 15 is 0 Å². The maximum atomic E-state index is 6.87. The molecule has 10 rings (SSSR count). The minimum absolute atomic E-state index is 0.875. The van der Waals surface area contributed by atoms with E-state index in [0.717, 1.165) is 55.3 Å². The molecule has 0 bridgehead atoms. The molecule has 0 spiro atoms. The van der Waals surface area contributed by atoms with Crippen LogP contribution in [0.4, 0.5) is 17.1 Å². The minimum Gasteiger partial charge on any atom is -0.455 e. The molecule has 0 aliphatic heterocycles. The van der Waals surface area contributed by atoms with Crippen LogP contribution in [0.15, 0.2) is 205 Å². The van der Waals surface area contributed by atoms with Gasteiger partial charge in [-0.15, -0.1) is 0 Å². The molecular formula is C50H33NO. The van der Waals surface area contributed by atoms with Crippen LogP contribution in [-0.4, -0.2) is 0 Å². The summed E-state index contributed by atoms with van der Waals surface area (Å²) in [5.74, 6) is 0. The molecule has 0 fully saturated rings. The van der Waals surface area contributed by atoms with Crippen LogP contribution in [0.25, 0.3) is 76.9 Å². The van der Waals surface area contributed by atoms with E-state index < -0.39 is 0 Å². The molecule has 0 aliphatic carbocycles. The average molecular weight is 664 g/mol. The van der Waals surface area contributed by atoms with Crippen LogP contribution in [0.3, 0.4) is 0 Å². The van der Waals surface area contributed by atoms with Gasteiger partial charge in [0.05, 0.1) is 5.69 Å². The first-order valence-corrected chi connectivity index (χ1v) is 17.8. The van der Waals surface area contributed by atoms with Crippen LogP contribution in [0, 0.1) is 0 Å². The second-order valence-corrected chi connectivity index (χ2v) is 13.3. The van der Waals surface area contributed by atoms with Crippen molar-refractivity contribution >= 4 is 60.5 Å². The van der Waals surface area contributed by atoms with Gasteiger partial charge in [0.1, 0.15) is 11.2 Å². The molecule has 0 amide bonds. The molecule has 2 heteroatoms. The van der Waals surface area contributed by atoms with Gasteiger partial charge in [-0.3, -0.25) is 0 Å². The highest BCUT2D eigenvalue weighted by Gasteiger charge is 2.23. The highest BCUT2D eigenvalue weighted by Crippen LogP contribution is 2.48. The monoisotopic (exact) mass is 663 g/mol. The summed E-state index contributed by atoms with van der Waals surface area (Å²) in [7, 11) is 0. The quantitative estimate of drug-likeness (QED) is 0.176. The van der Waals surface area contributed by atoms with Crippen molar-refractivity contribution in [2.24, 2.45) is 0 Å². The lowest BCUT2D eigenvalue weighted by Gasteiger charge is -2.27. The molecule has 1 heterocycles. The minimum atomic E-state index is 0.875. The number of fused-ring (bicyclic) bond motifs is 6. The second kappa shape index (κ2) is 12.5. The van der Waals surface area contributed by atoms with E-state index in [4.69, 9.17) is 4.42 Å². The second-order valence-electron chi connectivity index (χ2n) is 13.3. The number of hydrogen-bond donors (Lipinski definition) is 0. The lowest BCUT2D eigenvalue weighted by Crippen LogP contribution is -2.10. The number of hydrogen-bond acceptors (Lipinski definition) is 2. The zero-order chi connectivity index (χ0) is 34.4. The first-order valence-electron chi connectivity index (χ1n) is 17.8. The maximum absolute atomic E-state index is 6.87. The molecule has 1 aromatic heterocycles. The van der Waals surface area contributed by atoms with Crippen molar-refractivity contribution in [2.75, 3.05) is 4.90 Å². The van der Waals surface area contributed by atoms with Crippen molar-refractivity contribution in [3.8, 4) is 33.4 Å². The molecular weight excluding hydrogens is 631 g/mol. The van der Waals surface area contributed by atoms with E-state index in [1.165, 1.54) is 38.6 Å². The van der Waals surface area contributed by atoms with Crippen LogP contribution in [-0.2, 0) is 0 Å². The van der Waals surface area contributed by atoms with E-state index in [1.54, 1.807) is 0 Å². The summed E-state index contributed by atoms with van der Waals surface area (Å²) in [5, 5.41) is 6.83. The molecule has 0 saturated carbocycles. The van der Waals surface area contributed by atoms with Crippen molar-refractivity contribution < 1.29 is 4.42 Å². The lowest BCUT2D eigenvalue weighted by atomic mass is 9.90. The smallest absolute Gasteiger partial charge is 0.143 e. The Balaban J connectivity index is 1.29. The Labute approximate surface area is 302 Å². The van der Waals surface area contributed by atoms with Gasteiger partial charge in [0.15, 0.2) is 0 Å². The molecule has 0 saturated heterocycles. The van der Waals surface area contributed by atoms with E-state index in [0.29, 0.717) is 0 Å². The third kappa shape index (κ3) is 5.04. The van der Waals surface area contributed by atoms with E-state index in [9.17, 15) is 0 Å². The van der Waals surface area contributed by atoms with Gasteiger partial charge in [-0.2, -0.15) is 0 Å². The molecule has 52 heavy (non-hydrogen) atoms. The highest BCUT2D eigenvalue weighted by molar-refractivity contribution is 6.24. The summed E-state index contributed by atoms with van der Waals surface area (Å²) in [5.41, 5.74) is 12.1. The van der Waals surface area contributed by atoms with Crippen LogP contribution in [0.5, 0.6) is 0 Å². The topological polar surface area (TPSA) is 16.4 Å². The highest BCUT2D eigenvalue weighted by atomic mass is 16.3. The summed E-state index contributed by atoms with van der Waals surface area (Å²) in [6, 6.07) is 71.6. The fourth-order valence-corrected chi connectivity index (χ4v) is 7.80. The number of anilines is 3. The Kier molecular flexibility index (Phi) is 7.18. The van der Waals surface area contributed by atoms with E-state index in [1.807, 2.05) is 0 Å².